The van der Waals surface area contributed by atoms with Crippen LogP contribution in [0, 0.1) is 22.7 Å². The molecule has 3 aliphatic rings. The Kier molecular flexibility index (Phi) is 8.54. The van der Waals surface area contributed by atoms with E-state index in [9.17, 15) is 15.3 Å². The number of allylic oxidation sites excluding steroid dienone is 6. The summed E-state index contributed by atoms with van der Waals surface area (Å²) in [4.78, 5) is 0. The molecule has 0 aromatic carbocycles. The quantitative estimate of drug-likeness (QED) is 0.359. The highest BCUT2D eigenvalue weighted by Gasteiger charge is 2.57. The third kappa shape index (κ3) is 5.22. The first-order valence-corrected chi connectivity index (χ1v) is 13.5. The molecular weight excluding hydrogens is 420 g/mol. The monoisotopic (exact) mass is 468 g/mol. The van der Waals surface area contributed by atoms with Crippen LogP contribution in [0.15, 0.2) is 59.8 Å². The first kappa shape index (κ1) is 27.2. The van der Waals surface area contributed by atoms with Crippen molar-refractivity contribution in [3.8, 4) is 0 Å². The van der Waals surface area contributed by atoms with Crippen LogP contribution in [0.1, 0.15) is 92.4 Å². The van der Waals surface area contributed by atoms with E-state index in [2.05, 4.69) is 51.7 Å². The zero-order valence-electron chi connectivity index (χ0n) is 22.2. The number of fused-ring (bicyclic) bond motifs is 1. The second-order valence-corrected chi connectivity index (χ2v) is 11.7. The lowest BCUT2D eigenvalue weighted by Gasteiger charge is -2.51. The van der Waals surface area contributed by atoms with Crippen molar-refractivity contribution >= 4 is 0 Å². The van der Waals surface area contributed by atoms with Crippen LogP contribution in [0.25, 0.3) is 0 Å². The van der Waals surface area contributed by atoms with Crippen molar-refractivity contribution in [1.29, 1.82) is 0 Å². The molecule has 0 heterocycles. The molecule has 3 nitrogen and oxygen atoms in total. The highest BCUT2D eigenvalue weighted by atomic mass is 16.3. The molecule has 0 aromatic heterocycles. The summed E-state index contributed by atoms with van der Waals surface area (Å²) < 4.78 is 0. The first-order valence-electron chi connectivity index (χ1n) is 13.5. The van der Waals surface area contributed by atoms with Gasteiger partial charge < -0.3 is 15.3 Å². The van der Waals surface area contributed by atoms with Gasteiger partial charge in [-0.05, 0) is 85.2 Å². The number of rotatable bonds is 7. The van der Waals surface area contributed by atoms with Crippen LogP contribution in [0.2, 0.25) is 0 Å². The summed E-state index contributed by atoms with van der Waals surface area (Å²) in [6, 6.07) is 0. The fourth-order valence-corrected chi connectivity index (χ4v) is 7.03. The number of hydrogen-bond acceptors (Lipinski definition) is 3. The Morgan fingerprint density at radius 1 is 1.12 bits per heavy atom. The van der Waals surface area contributed by atoms with Crippen molar-refractivity contribution in [3.63, 3.8) is 0 Å². The summed E-state index contributed by atoms with van der Waals surface area (Å²) in [5.74, 6) is 1.11. The van der Waals surface area contributed by atoms with Crippen molar-refractivity contribution in [2.75, 3.05) is 0 Å². The lowest BCUT2D eigenvalue weighted by Crippen LogP contribution is -2.42. The Morgan fingerprint density at radius 3 is 2.50 bits per heavy atom. The molecule has 190 valence electrons. The van der Waals surface area contributed by atoms with Crippen LogP contribution >= 0.6 is 0 Å². The van der Waals surface area contributed by atoms with E-state index in [1.165, 1.54) is 31.3 Å². The standard InChI is InChI=1S/C31H48O3/c1-7-31(34,8-2)18-10-9-12-22(3)27-16-19-29(5)25(13-11-17-30(27,29)6)15-14-24-20-26(32)21-28(33)23(24)4/h9-10,12,14-15,18,22,26-28,32-34H,4,7-8,11,13,16-17,19-21H2,1-3,5-6H3/b12-9+,18-10+,24-14-,25-15+/t22-,26-,27-,28+,29+,30-/m1/s1. The van der Waals surface area contributed by atoms with Gasteiger partial charge in [0.2, 0.25) is 0 Å². The van der Waals surface area contributed by atoms with E-state index in [0.29, 0.717) is 24.7 Å². The Bertz CT molecular complexity index is 858. The Hall–Kier alpha value is -1.42. The van der Waals surface area contributed by atoms with E-state index >= 15 is 0 Å². The molecule has 0 unspecified atom stereocenters. The maximum atomic E-state index is 10.5. The van der Waals surface area contributed by atoms with Gasteiger partial charge in [0.05, 0.1) is 17.8 Å². The fourth-order valence-electron chi connectivity index (χ4n) is 7.03. The van der Waals surface area contributed by atoms with Crippen molar-refractivity contribution in [1.82, 2.24) is 0 Å². The van der Waals surface area contributed by atoms with Gasteiger partial charge in [-0.15, -0.1) is 0 Å². The molecule has 34 heavy (non-hydrogen) atoms. The second-order valence-electron chi connectivity index (χ2n) is 11.7. The molecule has 0 radical (unpaired) electrons. The van der Waals surface area contributed by atoms with Crippen molar-refractivity contribution in [3.05, 3.63) is 59.8 Å². The van der Waals surface area contributed by atoms with E-state index in [4.69, 9.17) is 0 Å². The molecule has 3 fully saturated rings. The summed E-state index contributed by atoms with van der Waals surface area (Å²) in [6.07, 6.45) is 20.2. The van der Waals surface area contributed by atoms with Crippen LogP contribution in [0.3, 0.4) is 0 Å². The number of aliphatic hydroxyl groups excluding tert-OH is 2. The largest absolute Gasteiger partial charge is 0.393 e. The molecule has 3 aliphatic carbocycles. The van der Waals surface area contributed by atoms with E-state index in [1.54, 1.807) is 0 Å². The Balaban J connectivity index is 1.78. The van der Waals surface area contributed by atoms with E-state index in [1.807, 2.05) is 26.0 Å². The zero-order chi connectivity index (χ0) is 25.1. The van der Waals surface area contributed by atoms with Gasteiger partial charge in [0.1, 0.15) is 0 Å². The Labute approximate surface area is 208 Å². The minimum atomic E-state index is -0.696. The smallest absolute Gasteiger partial charge is 0.0825 e. The normalized spacial score (nSPS) is 38.4. The van der Waals surface area contributed by atoms with Crippen molar-refractivity contribution < 1.29 is 15.3 Å². The Morgan fingerprint density at radius 2 is 1.82 bits per heavy atom. The third-order valence-corrected chi connectivity index (χ3v) is 9.93. The molecule has 3 saturated carbocycles. The lowest BCUT2D eigenvalue weighted by atomic mass is 9.53. The molecule has 0 saturated heterocycles. The lowest BCUT2D eigenvalue weighted by molar-refractivity contribution is 0.0457. The van der Waals surface area contributed by atoms with Gasteiger partial charge in [0.15, 0.2) is 0 Å². The van der Waals surface area contributed by atoms with E-state index in [0.717, 1.165) is 30.4 Å². The topological polar surface area (TPSA) is 60.7 Å². The van der Waals surface area contributed by atoms with Gasteiger partial charge in [-0.2, -0.15) is 0 Å². The summed E-state index contributed by atoms with van der Waals surface area (Å²) >= 11 is 0. The summed E-state index contributed by atoms with van der Waals surface area (Å²) in [5.41, 5.74) is 3.00. The van der Waals surface area contributed by atoms with Crippen LogP contribution in [0.5, 0.6) is 0 Å². The second kappa shape index (κ2) is 10.7. The summed E-state index contributed by atoms with van der Waals surface area (Å²) in [6.45, 7) is 15.5. The van der Waals surface area contributed by atoms with E-state index in [-0.39, 0.29) is 10.8 Å². The highest BCUT2D eigenvalue weighted by molar-refractivity contribution is 5.39. The highest BCUT2D eigenvalue weighted by Crippen LogP contribution is 2.66. The molecule has 0 bridgehead atoms. The van der Waals surface area contributed by atoms with Crippen LogP contribution in [-0.4, -0.2) is 33.1 Å². The summed E-state index contributed by atoms with van der Waals surface area (Å²) in [7, 11) is 0. The predicted octanol–water partition coefficient (Wildman–Crippen LogP) is 6.82. The van der Waals surface area contributed by atoms with Crippen molar-refractivity contribution in [2.45, 2.75) is 110 Å². The molecule has 6 atom stereocenters. The van der Waals surface area contributed by atoms with Gasteiger partial charge >= 0.3 is 0 Å². The third-order valence-electron chi connectivity index (χ3n) is 9.93. The van der Waals surface area contributed by atoms with Gasteiger partial charge in [-0.1, -0.05) is 83.2 Å². The van der Waals surface area contributed by atoms with Gasteiger partial charge in [-0.3, -0.25) is 0 Å². The van der Waals surface area contributed by atoms with Crippen molar-refractivity contribution in [2.24, 2.45) is 22.7 Å². The molecule has 0 aromatic rings. The molecule has 3 heteroatoms. The van der Waals surface area contributed by atoms with Gasteiger partial charge in [-0.25, -0.2) is 0 Å². The molecule has 0 spiro atoms. The van der Waals surface area contributed by atoms with Crippen LogP contribution in [0.4, 0.5) is 0 Å². The molecule has 3 N–H and O–H groups in total. The predicted molar refractivity (Wildman–Crippen MR) is 142 cm³/mol. The van der Waals surface area contributed by atoms with Gasteiger partial charge in [0, 0.05) is 6.42 Å². The zero-order valence-corrected chi connectivity index (χ0v) is 22.2. The van der Waals surface area contributed by atoms with E-state index < -0.39 is 17.8 Å². The number of aliphatic hydroxyl groups is 3. The molecule has 3 rings (SSSR count). The average molecular weight is 469 g/mol. The molecule has 0 amide bonds. The average Bonchev–Trinajstić information content (AvgIpc) is 3.09. The van der Waals surface area contributed by atoms with Gasteiger partial charge in [0.25, 0.3) is 0 Å². The van der Waals surface area contributed by atoms with Crippen LogP contribution < -0.4 is 0 Å². The molecular formula is C31H48O3. The van der Waals surface area contributed by atoms with Crippen LogP contribution in [-0.2, 0) is 0 Å². The summed E-state index contributed by atoms with van der Waals surface area (Å²) in [5, 5.41) is 30.8. The molecule has 0 aliphatic heterocycles. The minimum absolute atomic E-state index is 0.169. The fraction of sp³-hybridized carbons (Fsp3) is 0.677. The first-order chi connectivity index (χ1) is 16.0. The number of hydrogen-bond donors (Lipinski definition) is 3. The maximum absolute atomic E-state index is 10.5. The SMILES string of the molecule is C=C1/C(=C\C=C2/CCC[C@]3(C)[C@@H]([C@H](C)/C=C/C=C/C(O)(CC)CC)CC[C@@]23C)C[C@@H](O)C[C@@H]1O. The minimum Gasteiger partial charge on any atom is -0.393 e. The maximum Gasteiger partial charge on any atom is 0.0825 e.